The lowest BCUT2D eigenvalue weighted by molar-refractivity contribution is -0.154. The number of ether oxygens (including phenoxy) is 1. The monoisotopic (exact) mass is 284 g/mol. The van der Waals surface area contributed by atoms with Gasteiger partial charge in [0, 0.05) is 26.3 Å². The number of nitrogens with one attached hydrogen (secondary N) is 2. The summed E-state index contributed by atoms with van der Waals surface area (Å²) in [6.45, 7) is 1.72. The second kappa shape index (κ2) is 6.92. The third-order valence-corrected chi connectivity index (χ3v) is 4.55. The molecular weight excluding hydrogens is 260 g/mol. The molecule has 2 fully saturated rings. The molecule has 2 rings (SSSR count). The summed E-state index contributed by atoms with van der Waals surface area (Å²) >= 11 is 0. The SMILES string of the molecule is O=C(NCCC1CCC1)NCC1(C(=O)O)CCOCC1. The fourth-order valence-corrected chi connectivity index (χ4v) is 2.71. The van der Waals surface area contributed by atoms with Crippen LogP contribution in [-0.2, 0) is 9.53 Å². The van der Waals surface area contributed by atoms with E-state index < -0.39 is 11.4 Å². The molecule has 1 aliphatic carbocycles. The Morgan fingerprint density at radius 3 is 2.45 bits per heavy atom. The molecule has 1 heterocycles. The van der Waals surface area contributed by atoms with Crippen molar-refractivity contribution in [1.29, 1.82) is 0 Å². The van der Waals surface area contributed by atoms with E-state index in [2.05, 4.69) is 10.6 Å². The molecule has 0 aromatic carbocycles. The zero-order valence-corrected chi connectivity index (χ0v) is 11.8. The minimum absolute atomic E-state index is 0.168. The lowest BCUT2D eigenvalue weighted by Gasteiger charge is -2.33. The van der Waals surface area contributed by atoms with Crippen molar-refractivity contribution in [1.82, 2.24) is 10.6 Å². The molecule has 20 heavy (non-hydrogen) atoms. The summed E-state index contributed by atoms with van der Waals surface area (Å²) in [4.78, 5) is 23.1. The summed E-state index contributed by atoms with van der Waals surface area (Å²) in [5.74, 6) is -0.0910. The van der Waals surface area contributed by atoms with Crippen LogP contribution in [0, 0.1) is 11.3 Å². The summed E-state index contributed by atoms with van der Waals surface area (Å²) < 4.78 is 5.20. The van der Waals surface area contributed by atoms with Crippen LogP contribution in [-0.4, -0.2) is 43.4 Å². The second-order valence-corrected chi connectivity index (χ2v) is 5.89. The van der Waals surface area contributed by atoms with E-state index in [9.17, 15) is 14.7 Å². The van der Waals surface area contributed by atoms with Crippen LogP contribution in [0.4, 0.5) is 4.79 Å². The number of carbonyl (C=O) groups is 2. The molecule has 1 aliphatic heterocycles. The van der Waals surface area contributed by atoms with E-state index in [1.807, 2.05) is 0 Å². The van der Waals surface area contributed by atoms with Gasteiger partial charge in [-0.15, -0.1) is 0 Å². The smallest absolute Gasteiger partial charge is 0.314 e. The number of carbonyl (C=O) groups excluding carboxylic acids is 1. The summed E-state index contributed by atoms with van der Waals surface area (Å²) in [5.41, 5.74) is -0.871. The standard InChI is InChI=1S/C14H24N2O4/c17-12(18)14(5-8-20-9-6-14)10-16-13(19)15-7-4-11-2-1-3-11/h11H,1-10H2,(H,17,18)(H2,15,16,19). The Labute approximate surface area is 119 Å². The Kier molecular flexibility index (Phi) is 5.23. The zero-order valence-electron chi connectivity index (χ0n) is 11.8. The molecular formula is C14H24N2O4. The van der Waals surface area contributed by atoms with E-state index in [4.69, 9.17) is 4.74 Å². The van der Waals surface area contributed by atoms with Gasteiger partial charge in [-0.3, -0.25) is 4.79 Å². The molecule has 0 aromatic rings. The van der Waals surface area contributed by atoms with Crippen molar-refractivity contribution in [3.63, 3.8) is 0 Å². The largest absolute Gasteiger partial charge is 0.481 e. The first-order valence-electron chi connectivity index (χ1n) is 7.45. The Morgan fingerprint density at radius 1 is 1.20 bits per heavy atom. The summed E-state index contributed by atoms with van der Waals surface area (Å²) in [5, 5.41) is 14.9. The second-order valence-electron chi connectivity index (χ2n) is 5.89. The van der Waals surface area contributed by atoms with E-state index in [0.29, 0.717) is 32.6 Å². The van der Waals surface area contributed by atoms with Crippen molar-refractivity contribution >= 4 is 12.0 Å². The number of carboxylic acids is 1. The van der Waals surface area contributed by atoms with Crippen molar-refractivity contribution in [2.24, 2.45) is 11.3 Å². The number of urea groups is 1. The van der Waals surface area contributed by atoms with Gasteiger partial charge in [0.2, 0.25) is 0 Å². The van der Waals surface area contributed by atoms with Gasteiger partial charge < -0.3 is 20.5 Å². The third kappa shape index (κ3) is 3.85. The van der Waals surface area contributed by atoms with Crippen LogP contribution in [0.3, 0.4) is 0 Å². The maximum atomic E-state index is 11.7. The third-order valence-electron chi connectivity index (χ3n) is 4.55. The van der Waals surface area contributed by atoms with Gasteiger partial charge in [0.25, 0.3) is 0 Å². The van der Waals surface area contributed by atoms with E-state index in [0.717, 1.165) is 12.3 Å². The van der Waals surface area contributed by atoms with E-state index in [1.54, 1.807) is 0 Å². The van der Waals surface area contributed by atoms with Crippen LogP contribution in [0.15, 0.2) is 0 Å². The molecule has 6 heteroatoms. The highest BCUT2D eigenvalue weighted by Crippen LogP contribution is 2.30. The fourth-order valence-electron chi connectivity index (χ4n) is 2.71. The molecule has 2 amide bonds. The molecule has 0 aromatic heterocycles. The minimum Gasteiger partial charge on any atom is -0.481 e. The van der Waals surface area contributed by atoms with Crippen molar-refractivity contribution in [3.05, 3.63) is 0 Å². The average Bonchev–Trinajstić information content (AvgIpc) is 2.40. The number of aliphatic carboxylic acids is 1. The maximum absolute atomic E-state index is 11.7. The van der Waals surface area contributed by atoms with E-state index in [-0.39, 0.29) is 12.6 Å². The molecule has 1 saturated carbocycles. The minimum atomic E-state index is -0.871. The van der Waals surface area contributed by atoms with Gasteiger partial charge in [0.15, 0.2) is 0 Å². The van der Waals surface area contributed by atoms with Crippen molar-refractivity contribution < 1.29 is 19.4 Å². The highest BCUT2D eigenvalue weighted by Gasteiger charge is 2.40. The lowest BCUT2D eigenvalue weighted by atomic mass is 9.80. The normalized spacial score (nSPS) is 21.8. The quantitative estimate of drug-likeness (QED) is 0.687. The number of carboxylic acid groups (broad SMARTS) is 1. The molecule has 2 aliphatic rings. The fraction of sp³-hybridized carbons (Fsp3) is 0.857. The predicted octanol–water partition coefficient (Wildman–Crippen LogP) is 1.36. The first-order chi connectivity index (χ1) is 9.62. The van der Waals surface area contributed by atoms with Gasteiger partial charge in [0.05, 0.1) is 5.41 Å². The van der Waals surface area contributed by atoms with Crippen LogP contribution < -0.4 is 10.6 Å². The number of amides is 2. The first-order valence-corrected chi connectivity index (χ1v) is 7.45. The zero-order chi connectivity index (χ0) is 14.4. The van der Waals surface area contributed by atoms with Gasteiger partial charge in [-0.1, -0.05) is 19.3 Å². The van der Waals surface area contributed by atoms with E-state index >= 15 is 0 Å². The van der Waals surface area contributed by atoms with Crippen LogP contribution in [0.5, 0.6) is 0 Å². The van der Waals surface area contributed by atoms with E-state index in [1.165, 1.54) is 19.3 Å². The predicted molar refractivity (Wildman–Crippen MR) is 73.5 cm³/mol. The molecule has 0 unspecified atom stereocenters. The Balaban J connectivity index is 1.68. The lowest BCUT2D eigenvalue weighted by Crippen LogP contribution is -2.49. The van der Waals surface area contributed by atoms with Gasteiger partial charge in [-0.25, -0.2) is 4.79 Å². The Hall–Kier alpha value is -1.30. The molecule has 0 spiro atoms. The highest BCUT2D eigenvalue weighted by atomic mass is 16.5. The van der Waals surface area contributed by atoms with Gasteiger partial charge in [-0.05, 0) is 25.2 Å². The average molecular weight is 284 g/mol. The van der Waals surface area contributed by atoms with Crippen LogP contribution in [0.2, 0.25) is 0 Å². The highest BCUT2D eigenvalue weighted by molar-refractivity contribution is 5.78. The number of rotatable bonds is 6. The molecule has 0 radical (unpaired) electrons. The van der Waals surface area contributed by atoms with Crippen molar-refractivity contribution in [2.75, 3.05) is 26.3 Å². The van der Waals surface area contributed by atoms with Gasteiger partial charge >= 0.3 is 12.0 Å². The van der Waals surface area contributed by atoms with Gasteiger partial charge in [0.1, 0.15) is 0 Å². The van der Waals surface area contributed by atoms with Crippen LogP contribution in [0.25, 0.3) is 0 Å². The summed E-state index contributed by atoms with van der Waals surface area (Å²) in [6, 6.07) is -0.267. The molecule has 114 valence electrons. The number of hydrogen-bond donors (Lipinski definition) is 3. The van der Waals surface area contributed by atoms with Gasteiger partial charge in [-0.2, -0.15) is 0 Å². The Bertz CT molecular complexity index is 349. The molecule has 6 nitrogen and oxygen atoms in total. The summed E-state index contributed by atoms with van der Waals surface area (Å²) in [7, 11) is 0. The number of hydrogen-bond acceptors (Lipinski definition) is 3. The molecule has 0 atom stereocenters. The molecule has 3 N–H and O–H groups in total. The maximum Gasteiger partial charge on any atom is 0.314 e. The van der Waals surface area contributed by atoms with Crippen molar-refractivity contribution in [2.45, 2.75) is 38.5 Å². The van der Waals surface area contributed by atoms with Crippen LogP contribution >= 0.6 is 0 Å². The van der Waals surface area contributed by atoms with Crippen molar-refractivity contribution in [3.8, 4) is 0 Å². The summed E-state index contributed by atoms with van der Waals surface area (Å²) in [6.07, 6.45) is 5.76. The molecule has 1 saturated heterocycles. The Morgan fingerprint density at radius 2 is 1.90 bits per heavy atom. The first kappa shape index (κ1) is 15.1. The van der Waals surface area contributed by atoms with Crippen LogP contribution in [0.1, 0.15) is 38.5 Å². The topological polar surface area (TPSA) is 87.7 Å². The molecule has 0 bridgehead atoms.